The van der Waals surface area contributed by atoms with Gasteiger partial charge in [-0.2, -0.15) is 0 Å². The van der Waals surface area contributed by atoms with E-state index in [0.717, 1.165) is 0 Å². The number of aromatic nitrogens is 1. The van der Waals surface area contributed by atoms with E-state index >= 15 is 0 Å². The van der Waals surface area contributed by atoms with Crippen molar-refractivity contribution in [1.29, 1.82) is 0 Å². The summed E-state index contributed by atoms with van der Waals surface area (Å²) in [5.74, 6) is -1.30. The molecule has 0 saturated heterocycles. The molecule has 0 aliphatic carbocycles. The molecule has 4 nitrogen and oxygen atoms in total. The summed E-state index contributed by atoms with van der Waals surface area (Å²) in [5.41, 5.74) is 0.354. The summed E-state index contributed by atoms with van der Waals surface area (Å²) in [5, 5.41) is 12.0. The van der Waals surface area contributed by atoms with Gasteiger partial charge in [-0.1, -0.05) is 5.16 Å². The van der Waals surface area contributed by atoms with E-state index in [1.165, 1.54) is 24.3 Å². The lowest BCUT2D eigenvalue weighted by Gasteiger charge is -1.98. The van der Waals surface area contributed by atoms with Gasteiger partial charge in [0.05, 0.1) is 0 Å². The first-order valence-electron chi connectivity index (χ1n) is 4.23. The molecule has 2 aromatic rings. The largest absolute Gasteiger partial charge is 0.476 e. The summed E-state index contributed by atoms with van der Waals surface area (Å²) < 4.78 is 18.1. The number of carboxylic acids is 1. The Balaban J connectivity index is 2.46. The second-order valence-electron chi connectivity index (χ2n) is 3.01. The number of hydrogen-bond acceptors (Lipinski definition) is 3. The molecule has 16 heavy (non-hydrogen) atoms. The van der Waals surface area contributed by atoms with Crippen molar-refractivity contribution >= 4 is 21.9 Å². The number of aromatic carboxylic acids is 1. The zero-order valence-corrected chi connectivity index (χ0v) is 9.36. The lowest BCUT2D eigenvalue weighted by molar-refractivity contribution is 0.0686. The fourth-order valence-corrected chi connectivity index (χ4v) is 1.74. The number of rotatable bonds is 2. The van der Waals surface area contributed by atoms with E-state index in [1.807, 2.05) is 0 Å². The van der Waals surface area contributed by atoms with E-state index in [0.29, 0.717) is 10.0 Å². The normalized spacial score (nSPS) is 10.4. The fraction of sp³-hybridized carbons (Fsp3) is 0. The third-order valence-electron chi connectivity index (χ3n) is 1.93. The van der Waals surface area contributed by atoms with Crippen LogP contribution in [-0.4, -0.2) is 16.2 Å². The Bertz CT molecular complexity index is 553. The molecule has 6 heteroatoms. The highest BCUT2D eigenvalue weighted by atomic mass is 79.9. The molecule has 82 valence electrons. The lowest BCUT2D eigenvalue weighted by Crippen LogP contribution is -1.94. The third kappa shape index (κ3) is 1.96. The Morgan fingerprint density at radius 2 is 2.19 bits per heavy atom. The molecule has 0 saturated carbocycles. The van der Waals surface area contributed by atoms with Gasteiger partial charge in [-0.25, -0.2) is 9.18 Å². The quantitative estimate of drug-likeness (QED) is 0.921. The second-order valence-corrected chi connectivity index (χ2v) is 3.86. The van der Waals surface area contributed by atoms with Gasteiger partial charge in [-0.15, -0.1) is 0 Å². The molecule has 0 amide bonds. The molecular formula is C10H5BrFNO3. The number of halogens is 2. The summed E-state index contributed by atoms with van der Waals surface area (Å²) >= 11 is 3.15. The molecule has 0 bridgehead atoms. The molecule has 0 aliphatic heterocycles. The predicted molar refractivity (Wildman–Crippen MR) is 56.6 cm³/mol. The van der Waals surface area contributed by atoms with Gasteiger partial charge in [0.25, 0.3) is 0 Å². The Morgan fingerprint density at radius 1 is 1.44 bits per heavy atom. The average molecular weight is 286 g/mol. The molecule has 0 aliphatic rings. The average Bonchev–Trinajstić information content (AvgIpc) is 2.66. The highest BCUT2D eigenvalue weighted by molar-refractivity contribution is 9.10. The summed E-state index contributed by atoms with van der Waals surface area (Å²) in [6, 6.07) is 5.27. The van der Waals surface area contributed by atoms with Gasteiger partial charge < -0.3 is 9.63 Å². The van der Waals surface area contributed by atoms with Gasteiger partial charge in [-0.3, -0.25) is 0 Å². The van der Waals surface area contributed by atoms with E-state index in [4.69, 9.17) is 9.63 Å². The standard InChI is InChI=1S/C10H5BrFNO3/c11-7-3-5(12)1-2-6(7)9-4-8(10(14)15)13-16-9/h1-4H,(H,14,15). The molecular weight excluding hydrogens is 281 g/mol. The summed E-state index contributed by atoms with van der Waals surface area (Å²) in [7, 11) is 0. The van der Waals surface area contributed by atoms with Crippen LogP contribution in [0, 0.1) is 5.82 Å². The molecule has 0 unspecified atom stereocenters. The minimum Gasteiger partial charge on any atom is -0.476 e. The van der Waals surface area contributed by atoms with Gasteiger partial charge in [0.2, 0.25) is 0 Å². The zero-order chi connectivity index (χ0) is 11.7. The Morgan fingerprint density at radius 3 is 2.75 bits per heavy atom. The minimum absolute atomic E-state index is 0.189. The number of nitrogens with zero attached hydrogens (tertiary/aromatic N) is 1. The van der Waals surface area contributed by atoms with Crippen molar-refractivity contribution in [2.24, 2.45) is 0 Å². The van der Waals surface area contributed by atoms with Crippen LogP contribution in [-0.2, 0) is 0 Å². The van der Waals surface area contributed by atoms with Gasteiger partial charge >= 0.3 is 5.97 Å². The number of carboxylic acid groups (broad SMARTS) is 1. The molecule has 0 fully saturated rings. The van der Waals surface area contributed by atoms with Crippen molar-refractivity contribution in [3.63, 3.8) is 0 Å². The van der Waals surface area contributed by atoms with Crippen molar-refractivity contribution in [1.82, 2.24) is 5.16 Å². The first-order chi connectivity index (χ1) is 7.58. The Labute approximate surface area is 97.8 Å². The number of carbonyl (C=O) groups is 1. The zero-order valence-electron chi connectivity index (χ0n) is 7.78. The smallest absolute Gasteiger partial charge is 0.358 e. The predicted octanol–water partition coefficient (Wildman–Crippen LogP) is 2.94. The Hall–Kier alpha value is -1.69. The van der Waals surface area contributed by atoms with E-state index in [9.17, 15) is 9.18 Å². The van der Waals surface area contributed by atoms with Crippen LogP contribution in [0.4, 0.5) is 4.39 Å². The molecule has 1 heterocycles. The van der Waals surface area contributed by atoms with Crippen LogP contribution in [0.25, 0.3) is 11.3 Å². The van der Waals surface area contributed by atoms with E-state index in [2.05, 4.69) is 21.1 Å². The summed E-state index contributed by atoms with van der Waals surface area (Å²) in [6.07, 6.45) is 0. The molecule has 0 radical (unpaired) electrons. The van der Waals surface area contributed by atoms with E-state index in [-0.39, 0.29) is 11.5 Å². The minimum atomic E-state index is -1.17. The maximum Gasteiger partial charge on any atom is 0.358 e. The first kappa shape index (κ1) is 10.8. The number of hydrogen-bond donors (Lipinski definition) is 1. The van der Waals surface area contributed by atoms with Crippen LogP contribution in [0.3, 0.4) is 0 Å². The second kappa shape index (κ2) is 4.05. The topological polar surface area (TPSA) is 63.3 Å². The fourth-order valence-electron chi connectivity index (χ4n) is 1.19. The Kier molecular flexibility index (Phi) is 2.74. The SMILES string of the molecule is O=C(O)c1cc(-c2ccc(F)cc2Br)on1. The van der Waals surface area contributed by atoms with Crippen molar-refractivity contribution in [3.05, 3.63) is 40.2 Å². The van der Waals surface area contributed by atoms with Crippen molar-refractivity contribution in [3.8, 4) is 11.3 Å². The van der Waals surface area contributed by atoms with Gasteiger partial charge in [0.15, 0.2) is 11.5 Å². The van der Waals surface area contributed by atoms with Crippen molar-refractivity contribution in [2.75, 3.05) is 0 Å². The van der Waals surface area contributed by atoms with Gasteiger partial charge in [0.1, 0.15) is 5.82 Å². The molecule has 0 spiro atoms. The van der Waals surface area contributed by atoms with Crippen LogP contribution in [0.15, 0.2) is 33.3 Å². The van der Waals surface area contributed by atoms with E-state index in [1.54, 1.807) is 0 Å². The van der Waals surface area contributed by atoms with Gasteiger partial charge in [0, 0.05) is 16.1 Å². The van der Waals surface area contributed by atoms with Crippen molar-refractivity contribution < 1.29 is 18.8 Å². The van der Waals surface area contributed by atoms with Crippen LogP contribution in [0.5, 0.6) is 0 Å². The number of benzene rings is 1. The summed E-state index contributed by atoms with van der Waals surface area (Å²) in [4.78, 5) is 10.6. The first-order valence-corrected chi connectivity index (χ1v) is 5.02. The van der Waals surface area contributed by atoms with E-state index < -0.39 is 11.8 Å². The summed E-state index contributed by atoms with van der Waals surface area (Å²) in [6.45, 7) is 0. The van der Waals surface area contributed by atoms with Crippen molar-refractivity contribution in [2.45, 2.75) is 0 Å². The molecule has 1 aromatic heterocycles. The lowest BCUT2D eigenvalue weighted by atomic mass is 10.1. The van der Waals surface area contributed by atoms with Gasteiger partial charge in [-0.05, 0) is 34.1 Å². The van der Waals surface area contributed by atoms with Crippen LogP contribution in [0.2, 0.25) is 0 Å². The third-order valence-corrected chi connectivity index (χ3v) is 2.58. The van der Waals surface area contributed by atoms with Crippen LogP contribution < -0.4 is 0 Å². The maximum atomic E-state index is 12.8. The highest BCUT2D eigenvalue weighted by Gasteiger charge is 2.14. The highest BCUT2D eigenvalue weighted by Crippen LogP contribution is 2.29. The molecule has 2 rings (SSSR count). The monoisotopic (exact) mass is 285 g/mol. The maximum absolute atomic E-state index is 12.8. The molecule has 1 N–H and O–H groups in total. The molecule has 1 aromatic carbocycles. The van der Waals surface area contributed by atoms with Crippen LogP contribution >= 0.6 is 15.9 Å². The van der Waals surface area contributed by atoms with Crippen LogP contribution in [0.1, 0.15) is 10.5 Å². The molecule has 0 atom stereocenters.